The lowest BCUT2D eigenvalue weighted by molar-refractivity contribution is -0.122. The van der Waals surface area contributed by atoms with Gasteiger partial charge in [0.05, 0.1) is 6.04 Å². The number of rotatable bonds is 4. The Hall–Kier alpha value is -1.79. The Kier molecular flexibility index (Phi) is 4.80. The third-order valence-corrected chi connectivity index (χ3v) is 6.72. The van der Waals surface area contributed by atoms with Gasteiger partial charge in [-0.05, 0) is 49.3 Å². The second-order valence-corrected chi connectivity index (χ2v) is 8.64. The number of allylic oxidation sites excluding steroid dienone is 1. The Morgan fingerprint density at radius 1 is 1.38 bits per heavy atom. The number of anilines is 1. The molecule has 5 nitrogen and oxygen atoms in total. The summed E-state index contributed by atoms with van der Waals surface area (Å²) < 4.78 is 0. The van der Waals surface area contributed by atoms with Crippen LogP contribution in [0.2, 0.25) is 5.02 Å². The summed E-state index contributed by atoms with van der Waals surface area (Å²) in [7, 11) is 0. The number of halogens is 1. The van der Waals surface area contributed by atoms with E-state index in [0.29, 0.717) is 27.7 Å². The Morgan fingerprint density at radius 3 is 2.96 bits per heavy atom. The van der Waals surface area contributed by atoms with Crippen molar-refractivity contribution in [1.29, 1.82) is 0 Å². The first-order valence-corrected chi connectivity index (χ1v) is 10.0. The van der Waals surface area contributed by atoms with Crippen molar-refractivity contribution >= 4 is 46.0 Å². The molecule has 7 heteroatoms. The summed E-state index contributed by atoms with van der Waals surface area (Å²) in [4.78, 5) is 29.3. The van der Waals surface area contributed by atoms with Gasteiger partial charge in [0.15, 0.2) is 5.17 Å². The summed E-state index contributed by atoms with van der Waals surface area (Å²) in [6, 6.07) is 5.63. The smallest absolute Gasteiger partial charge is 0.240 e. The van der Waals surface area contributed by atoms with Gasteiger partial charge in [-0.1, -0.05) is 41.6 Å². The Morgan fingerprint density at radius 2 is 2.23 bits per heavy atom. The number of nitrogens with one attached hydrogen (secondary N) is 2. The van der Waals surface area contributed by atoms with Crippen molar-refractivity contribution in [1.82, 2.24) is 5.32 Å². The molecule has 1 aromatic rings. The van der Waals surface area contributed by atoms with Crippen LogP contribution in [0, 0.1) is 18.8 Å². The topological polar surface area (TPSA) is 70.6 Å². The van der Waals surface area contributed by atoms with Crippen LogP contribution in [0.5, 0.6) is 0 Å². The van der Waals surface area contributed by atoms with Crippen LogP contribution in [-0.4, -0.2) is 28.3 Å². The number of amidine groups is 1. The minimum Gasteiger partial charge on any atom is -0.326 e. The van der Waals surface area contributed by atoms with Crippen LogP contribution in [0.15, 0.2) is 35.3 Å². The molecule has 1 aliphatic heterocycles. The SMILES string of the molecule is Cc1c(Cl)cccc1NC(=O)CC1SC(=NC2CC3C=CC2C3)NC1=O. The Balaban J connectivity index is 1.36. The summed E-state index contributed by atoms with van der Waals surface area (Å²) in [5.41, 5.74) is 1.49. The van der Waals surface area contributed by atoms with Gasteiger partial charge in [-0.15, -0.1) is 0 Å². The second kappa shape index (κ2) is 7.08. The third kappa shape index (κ3) is 3.53. The molecule has 0 radical (unpaired) electrons. The highest BCUT2D eigenvalue weighted by molar-refractivity contribution is 8.15. The normalized spacial score (nSPS) is 30.8. The van der Waals surface area contributed by atoms with Crippen molar-refractivity contribution in [3.8, 4) is 0 Å². The van der Waals surface area contributed by atoms with Crippen molar-refractivity contribution < 1.29 is 9.59 Å². The first kappa shape index (κ1) is 17.6. The summed E-state index contributed by atoms with van der Waals surface area (Å²) in [5.74, 6) is 0.787. The maximum Gasteiger partial charge on any atom is 0.240 e. The first-order chi connectivity index (χ1) is 12.5. The Labute approximate surface area is 161 Å². The lowest BCUT2D eigenvalue weighted by Gasteiger charge is -2.13. The quantitative estimate of drug-likeness (QED) is 0.774. The molecule has 2 N–H and O–H groups in total. The van der Waals surface area contributed by atoms with Crippen molar-refractivity contribution in [3.63, 3.8) is 0 Å². The monoisotopic (exact) mass is 389 g/mol. The molecule has 2 fully saturated rings. The van der Waals surface area contributed by atoms with Gasteiger partial charge in [0.1, 0.15) is 5.25 Å². The van der Waals surface area contributed by atoms with Crippen molar-refractivity contribution in [2.24, 2.45) is 16.8 Å². The third-order valence-electron chi connectivity index (χ3n) is 5.22. The molecule has 4 rings (SSSR count). The molecular formula is C19H20ClN3O2S. The van der Waals surface area contributed by atoms with E-state index in [1.54, 1.807) is 18.2 Å². The van der Waals surface area contributed by atoms with Gasteiger partial charge in [-0.3, -0.25) is 14.6 Å². The van der Waals surface area contributed by atoms with Crippen LogP contribution in [-0.2, 0) is 9.59 Å². The van der Waals surface area contributed by atoms with Gasteiger partial charge >= 0.3 is 0 Å². The minimum absolute atomic E-state index is 0.109. The molecule has 136 valence electrons. The van der Waals surface area contributed by atoms with Crippen LogP contribution >= 0.6 is 23.4 Å². The zero-order chi connectivity index (χ0) is 18.3. The van der Waals surface area contributed by atoms with Gasteiger partial charge in [-0.25, -0.2) is 0 Å². The van der Waals surface area contributed by atoms with Gasteiger partial charge in [0, 0.05) is 17.1 Å². The number of aliphatic imine (C=N–C) groups is 1. The molecule has 1 saturated carbocycles. The van der Waals surface area contributed by atoms with E-state index < -0.39 is 5.25 Å². The van der Waals surface area contributed by atoms with E-state index in [4.69, 9.17) is 16.6 Å². The summed E-state index contributed by atoms with van der Waals surface area (Å²) in [6.45, 7) is 1.85. The zero-order valence-corrected chi connectivity index (χ0v) is 15.9. The standard InChI is InChI=1S/C19H20ClN3O2S/c1-10-13(20)3-2-4-14(10)21-17(24)9-16-18(25)23-19(26-16)22-15-8-11-5-6-12(15)7-11/h2-6,11-12,15-16H,7-9H2,1H3,(H,21,24)(H,22,23,25). The molecular weight excluding hydrogens is 370 g/mol. The summed E-state index contributed by atoms with van der Waals surface area (Å²) in [5, 5.41) is 6.48. The zero-order valence-electron chi connectivity index (χ0n) is 14.4. The first-order valence-electron chi connectivity index (χ1n) is 8.78. The highest BCUT2D eigenvalue weighted by Gasteiger charge is 2.38. The van der Waals surface area contributed by atoms with E-state index in [1.807, 2.05) is 6.92 Å². The van der Waals surface area contributed by atoms with Crippen LogP contribution < -0.4 is 10.6 Å². The molecule has 0 aromatic heterocycles. The van der Waals surface area contributed by atoms with Gasteiger partial charge in [0.25, 0.3) is 0 Å². The van der Waals surface area contributed by atoms with E-state index in [2.05, 4.69) is 22.8 Å². The lowest BCUT2D eigenvalue weighted by Crippen LogP contribution is -2.28. The molecule has 4 unspecified atom stereocenters. The van der Waals surface area contributed by atoms with Crippen molar-refractivity contribution in [3.05, 3.63) is 40.9 Å². The summed E-state index contributed by atoms with van der Waals surface area (Å²) >= 11 is 7.44. The number of nitrogens with zero attached hydrogens (tertiary/aromatic N) is 1. The molecule has 2 bridgehead atoms. The molecule has 26 heavy (non-hydrogen) atoms. The van der Waals surface area contributed by atoms with E-state index in [1.165, 1.54) is 18.2 Å². The number of fused-ring (bicyclic) bond motifs is 2. The van der Waals surface area contributed by atoms with Crippen LogP contribution in [0.3, 0.4) is 0 Å². The van der Waals surface area contributed by atoms with E-state index in [-0.39, 0.29) is 24.3 Å². The van der Waals surface area contributed by atoms with Crippen LogP contribution in [0.4, 0.5) is 5.69 Å². The fourth-order valence-electron chi connectivity index (χ4n) is 3.76. The van der Waals surface area contributed by atoms with E-state index in [0.717, 1.165) is 12.0 Å². The predicted molar refractivity (Wildman–Crippen MR) is 106 cm³/mol. The molecule has 4 atom stereocenters. The maximum absolute atomic E-state index is 12.3. The van der Waals surface area contributed by atoms with Gasteiger partial charge in [0.2, 0.25) is 11.8 Å². The number of carbonyl (C=O) groups excluding carboxylic acids is 2. The highest BCUT2D eigenvalue weighted by atomic mass is 35.5. The molecule has 1 saturated heterocycles. The fraction of sp³-hybridized carbons (Fsp3) is 0.421. The number of amides is 2. The molecule has 3 aliphatic rings. The average Bonchev–Trinajstić information content (AvgIpc) is 3.29. The Bertz CT molecular complexity index is 823. The predicted octanol–water partition coefficient (Wildman–Crippen LogP) is 3.53. The fourth-order valence-corrected chi connectivity index (χ4v) is 4.96. The van der Waals surface area contributed by atoms with Gasteiger partial charge in [-0.2, -0.15) is 0 Å². The molecule has 1 heterocycles. The van der Waals surface area contributed by atoms with Gasteiger partial charge < -0.3 is 10.6 Å². The summed E-state index contributed by atoms with van der Waals surface area (Å²) in [6.07, 6.45) is 6.85. The number of hydrogen-bond donors (Lipinski definition) is 2. The highest BCUT2D eigenvalue weighted by Crippen LogP contribution is 2.41. The largest absolute Gasteiger partial charge is 0.326 e. The maximum atomic E-state index is 12.3. The van der Waals surface area contributed by atoms with Crippen molar-refractivity contribution in [2.75, 3.05) is 5.32 Å². The molecule has 0 spiro atoms. The second-order valence-electron chi connectivity index (χ2n) is 7.04. The average molecular weight is 390 g/mol. The number of hydrogen-bond acceptors (Lipinski definition) is 4. The number of thioether (sulfide) groups is 1. The number of carbonyl (C=O) groups is 2. The van der Waals surface area contributed by atoms with Crippen molar-refractivity contribution in [2.45, 2.75) is 37.5 Å². The minimum atomic E-state index is -0.442. The van der Waals surface area contributed by atoms with E-state index in [9.17, 15) is 9.59 Å². The van der Waals surface area contributed by atoms with Crippen LogP contribution in [0.1, 0.15) is 24.8 Å². The van der Waals surface area contributed by atoms with Crippen LogP contribution in [0.25, 0.3) is 0 Å². The molecule has 2 amide bonds. The number of benzene rings is 1. The molecule has 2 aliphatic carbocycles. The lowest BCUT2D eigenvalue weighted by atomic mass is 10.0. The molecule has 1 aromatic carbocycles. The van der Waals surface area contributed by atoms with E-state index >= 15 is 0 Å².